The fourth-order valence-corrected chi connectivity index (χ4v) is 1.87. The number of ether oxygens (including phenoxy) is 2. The smallest absolute Gasteiger partial charge is 0.338 e. The number of aryl methyl sites for hydroxylation is 1. The van der Waals surface area contributed by atoms with Crippen molar-refractivity contribution in [2.75, 3.05) is 19.0 Å². The first-order chi connectivity index (χ1) is 11.0. The van der Waals surface area contributed by atoms with Crippen LogP contribution in [0.5, 0.6) is 5.75 Å². The van der Waals surface area contributed by atoms with Gasteiger partial charge >= 0.3 is 5.97 Å². The Hall–Kier alpha value is -2.89. The number of amides is 1. The summed E-state index contributed by atoms with van der Waals surface area (Å²) >= 11 is 0. The molecule has 0 aromatic heterocycles. The maximum absolute atomic E-state index is 13.6. The summed E-state index contributed by atoms with van der Waals surface area (Å²) in [5.74, 6) is -1.32. The summed E-state index contributed by atoms with van der Waals surface area (Å²) in [6, 6.07) is 10.8. The van der Waals surface area contributed by atoms with E-state index >= 15 is 0 Å². The second-order valence-electron chi connectivity index (χ2n) is 4.84. The molecule has 0 aliphatic carbocycles. The van der Waals surface area contributed by atoms with Gasteiger partial charge < -0.3 is 14.8 Å². The normalized spacial score (nSPS) is 10.0. The van der Waals surface area contributed by atoms with Gasteiger partial charge in [-0.15, -0.1) is 0 Å². The summed E-state index contributed by atoms with van der Waals surface area (Å²) < 4.78 is 23.5. The predicted molar refractivity (Wildman–Crippen MR) is 83.0 cm³/mol. The molecule has 0 spiro atoms. The topological polar surface area (TPSA) is 64.6 Å². The standard InChI is InChI=1S/C17H16FNO4/c1-11-6-7-15(14(18)8-11)19-16(20)10-23-17(21)12-4-3-5-13(9-12)22-2/h3-9H,10H2,1-2H3,(H,19,20). The third kappa shape index (κ3) is 4.54. The van der Waals surface area contributed by atoms with Gasteiger partial charge in [-0.3, -0.25) is 4.79 Å². The molecular weight excluding hydrogens is 301 g/mol. The second-order valence-corrected chi connectivity index (χ2v) is 4.84. The quantitative estimate of drug-likeness (QED) is 0.861. The largest absolute Gasteiger partial charge is 0.497 e. The highest BCUT2D eigenvalue weighted by Crippen LogP contribution is 2.16. The van der Waals surface area contributed by atoms with E-state index in [4.69, 9.17) is 9.47 Å². The number of benzene rings is 2. The molecule has 0 heterocycles. The predicted octanol–water partition coefficient (Wildman–Crippen LogP) is 2.94. The van der Waals surface area contributed by atoms with E-state index < -0.39 is 24.3 Å². The minimum atomic E-state index is -0.663. The summed E-state index contributed by atoms with van der Waals surface area (Å²) in [5, 5.41) is 2.35. The van der Waals surface area contributed by atoms with Crippen LogP contribution in [0.4, 0.5) is 10.1 Å². The first kappa shape index (κ1) is 16.5. The molecule has 0 atom stereocenters. The van der Waals surface area contributed by atoms with Crippen molar-refractivity contribution < 1.29 is 23.5 Å². The number of rotatable bonds is 5. The number of methoxy groups -OCH3 is 1. The van der Waals surface area contributed by atoms with Gasteiger partial charge in [0.25, 0.3) is 5.91 Å². The molecule has 1 N–H and O–H groups in total. The zero-order chi connectivity index (χ0) is 16.8. The number of anilines is 1. The van der Waals surface area contributed by atoms with Gasteiger partial charge in [-0.2, -0.15) is 0 Å². The lowest BCUT2D eigenvalue weighted by atomic mass is 10.2. The molecule has 2 rings (SSSR count). The molecule has 2 aromatic rings. The molecule has 6 heteroatoms. The van der Waals surface area contributed by atoms with Crippen LogP contribution in [0.15, 0.2) is 42.5 Å². The van der Waals surface area contributed by atoms with Gasteiger partial charge in [0.2, 0.25) is 0 Å². The van der Waals surface area contributed by atoms with E-state index in [0.717, 1.165) is 5.56 Å². The Balaban J connectivity index is 1.92. The van der Waals surface area contributed by atoms with E-state index in [0.29, 0.717) is 5.75 Å². The highest BCUT2D eigenvalue weighted by molar-refractivity contribution is 5.95. The number of carbonyl (C=O) groups is 2. The number of hydrogen-bond acceptors (Lipinski definition) is 4. The van der Waals surface area contributed by atoms with Crippen LogP contribution in [0.25, 0.3) is 0 Å². The lowest BCUT2D eigenvalue weighted by Gasteiger charge is -2.08. The van der Waals surface area contributed by atoms with Crippen molar-refractivity contribution in [2.45, 2.75) is 6.92 Å². The summed E-state index contributed by atoms with van der Waals surface area (Å²) in [6.45, 7) is 1.23. The van der Waals surface area contributed by atoms with Gasteiger partial charge in [0.1, 0.15) is 11.6 Å². The molecule has 1 amide bonds. The maximum Gasteiger partial charge on any atom is 0.338 e. The van der Waals surface area contributed by atoms with Gasteiger partial charge in [0.15, 0.2) is 6.61 Å². The maximum atomic E-state index is 13.6. The Kier molecular flexibility index (Phi) is 5.30. The molecule has 2 aromatic carbocycles. The minimum absolute atomic E-state index is 0.0398. The van der Waals surface area contributed by atoms with Crippen LogP contribution in [-0.2, 0) is 9.53 Å². The monoisotopic (exact) mass is 317 g/mol. The minimum Gasteiger partial charge on any atom is -0.497 e. The summed E-state index contributed by atoms with van der Waals surface area (Å²) in [4.78, 5) is 23.6. The average Bonchev–Trinajstić information content (AvgIpc) is 2.55. The highest BCUT2D eigenvalue weighted by Gasteiger charge is 2.12. The Morgan fingerprint density at radius 3 is 2.65 bits per heavy atom. The Morgan fingerprint density at radius 1 is 1.17 bits per heavy atom. The molecule has 0 aliphatic rings. The van der Waals surface area contributed by atoms with E-state index in [-0.39, 0.29) is 11.3 Å². The Bertz CT molecular complexity index is 730. The van der Waals surface area contributed by atoms with Crippen molar-refractivity contribution in [3.8, 4) is 5.75 Å². The Labute approximate surface area is 133 Å². The van der Waals surface area contributed by atoms with Crippen LogP contribution in [0.1, 0.15) is 15.9 Å². The highest BCUT2D eigenvalue weighted by atomic mass is 19.1. The number of halogens is 1. The molecule has 0 saturated heterocycles. The zero-order valence-electron chi connectivity index (χ0n) is 12.8. The van der Waals surface area contributed by atoms with E-state index in [1.165, 1.54) is 25.3 Å². The average molecular weight is 317 g/mol. The van der Waals surface area contributed by atoms with Crippen molar-refractivity contribution in [2.24, 2.45) is 0 Å². The molecule has 0 saturated carbocycles. The van der Waals surface area contributed by atoms with Crippen LogP contribution in [0.2, 0.25) is 0 Å². The van der Waals surface area contributed by atoms with E-state index in [1.807, 2.05) is 0 Å². The van der Waals surface area contributed by atoms with Gasteiger partial charge in [0.05, 0.1) is 18.4 Å². The van der Waals surface area contributed by atoms with Crippen molar-refractivity contribution in [1.82, 2.24) is 0 Å². The molecular formula is C17H16FNO4. The second kappa shape index (κ2) is 7.40. The molecule has 0 fully saturated rings. The summed E-state index contributed by atoms with van der Waals surface area (Å²) in [7, 11) is 1.48. The lowest BCUT2D eigenvalue weighted by Crippen LogP contribution is -2.21. The van der Waals surface area contributed by atoms with Crippen molar-refractivity contribution >= 4 is 17.6 Å². The van der Waals surface area contributed by atoms with Crippen molar-refractivity contribution in [3.63, 3.8) is 0 Å². The first-order valence-electron chi connectivity index (χ1n) is 6.87. The molecule has 0 unspecified atom stereocenters. The fourth-order valence-electron chi connectivity index (χ4n) is 1.87. The molecule has 0 bridgehead atoms. The van der Waals surface area contributed by atoms with Crippen LogP contribution in [-0.4, -0.2) is 25.6 Å². The van der Waals surface area contributed by atoms with Crippen LogP contribution >= 0.6 is 0 Å². The van der Waals surface area contributed by atoms with Crippen LogP contribution < -0.4 is 10.1 Å². The summed E-state index contributed by atoms with van der Waals surface area (Å²) in [6.07, 6.45) is 0. The third-order valence-corrected chi connectivity index (χ3v) is 3.04. The van der Waals surface area contributed by atoms with Gasteiger partial charge in [-0.05, 0) is 42.8 Å². The van der Waals surface area contributed by atoms with Crippen LogP contribution in [0.3, 0.4) is 0 Å². The SMILES string of the molecule is COc1cccc(C(=O)OCC(=O)Nc2ccc(C)cc2F)c1. The van der Waals surface area contributed by atoms with E-state index in [2.05, 4.69) is 5.32 Å². The fraction of sp³-hybridized carbons (Fsp3) is 0.176. The number of nitrogens with one attached hydrogen (secondary N) is 1. The molecule has 120 valence electrons. The number of carbonyl (C=O) groups excluding carboxylic acids is 2. The van der Waals surface area contributed by atoms with E-state index in [9.17, 15) is 14.0 Å². The lowest BCUT2D eigenvalue weighted by molar-refractivity contribution is -0.119. The molecule has 23 heavy (non-hydrogen) atoms. The van der Waals surface area contributed by atoms with Crippen LogP contribution in [0, 0.1) is 12.7 Å². The van der Waals surface area contributed by atoms with Gasteiger partial charge in [-0.25, -0.2) is 9.18 Å². The first-order valence-corrected chi connectivity index (χ1v) is 6.87. The number of hydrogen-bond donors (Lipinski definition) is 1. The number of esters is 1. The molecule has 0 aliphatic heterocycles. The molecule has 5 nitrogen and oxygen atoms in total. The molecule has 0 radical (unpaired) electrons. The van der Waals surface area contributed by atoms with Gasteiger partial charge in [0, 0.05) is 0 Å². The van der Waals surface area contributed by atoms with Crippen molar-refractivity contribution in [1.29, 1.82) is 0 Å². The van der Waals surface area contributed by atoms with E-state index in [1.54, 1.807) is 31.2 Å². The third-order valence-electron chi connectivity index (χ3n) is 3.04. The summed E-state index contributed by atoms with van der Waals surface area (Å²) in [5.41, 5.74) is 1.04. The Morgan fingerprint density at radius 2 is 1.96 bits per heavy atom. The zero-order valence-corrected chi connectivity index (χ0v) is 12.8. The van der Waals surface area contributed by atoms with Gasteiger partial charge in [-0.1, -0.05) is 12.1 Å². The van der Waals surface area contributed by atoms with Crippen molar-refractivity contribution in [3.05, 3.63) is 59.4 Å².